The highest BCUT2D eigenvalue weighted by atomic mass is 35.5. The van der Waals surface area contributed by atoms with Gasteiger partial charge in [0.15, 0.2) is 0 Å². The van der Waals surface area contributed by atoms with Crippen LogP contribution < -0.4 is 10.5 Å². The van der Waals surface area contributed by atoms with Gasteiger partial charge in [0.25, 0.3) is 0 Å². The van der Waals surface area contributed by atoms with Crippen LogP contribution in [-0.4, -0.2) is 9.91 Å². The van der Waals surface area contributed by atoms with Crippen molar-refractivity contribution in [3.8, 4) is 11.5 Å². The minimum absolute atomic E-state index is 0.00138. The lowest BCUT2D eigenvalue weighted by Gasteiger charge is -2.10. The molecule has 0 spiro atoms. The number of halogens is 1. The van der Waals surface area contributed by atoms with Crippen LogP contribution >= 0.6 is 11.6 Å². The number of ether oxygens (including phenoxy) is 1. The lowest BCUT2D eigenvalue weighted by atomic mass is 10.1. The molecule has 0 saturated heterocycles. The van der Waals surface area contributed by atoms with Gasteiger partial charge in [-0.3, -0.25) is 15.1 Å². The van der Waals surface area contributed by atoms with Crippen LogP contribution in [0.25, 0.3) is 0 Å². The summed E-state index contributed by atoms with van der Waals surface area (Å²) >= 11 is 5.96. The van der Waals surface area contributed by atoms with E-state index in [1.54, 1.807) is 12.1 Å². The summed E-state index contributed by atoms with van der Waals surface area (Å²) in [6, 6.07) is 7.59. The molecule has 0 bridgehead atoms. The summed E-state index contributed by atoms with van der Waals surface area (Å²) in [4.78, 5) is 14.6. The summed E-state index contributed by atoms with van der Waals surface area (Å²) in [7, 11) is 0. The Hall–Kier alpha value is -2.18. The maximum Gasteiger partial charge on any atom is 0.313 e. The zero-order valence-corrected chi connectivity index (χ0v) is 12.1. The fraction of sp³-hybridized carbons (Fsp3) is 0.214. The number of benzene rings is 1. The smallest absolute Gasteiger partial charge is 0.313 e. The third-order valence-electron chi connectivity index (χ3n) is 2.94. The van der Waals surface area contributed by atoms with E-state index in [-0.39, 0.29) is 22.5 Å². The van der Waals surface area contributed by atoms with Crippen molar-refractivity contribution in [1.82, 2.24) is 4.98 Å². The molecule has 0 radical (unpaired) electrons. The second kappa shape index (κ2) is 6.51. The van der Waals surface area contributed by atoms with Crippen molar-refractivity contribution in [2.75, 3.05) is 0 Å². The lowest BCUT2D eigenvalue weighted by Crippen LogP contribution is -2.10. The van der Waals surface area contributed by atoms with Gasteiger partial charge >= 0.3 is 5.69 Å². The number of rotatable bonds is 5. The molecular formula is C14H14ClN3O3. The van der Waals surface area contributed by atoms with Gasteiger partial charge in [0, 0.05) is 12.1 Å². The molecule has 1 aromatic carbocycles. The van der Waals surface area contributed by atoms with Crippen LogP contribution in [0.5, 0.6) is 11.5 Å². The number of nitrogens with zero attached hydrogens (tertiary/aromatic N) is 2. The summed E-state index contributed by atoms with van der Waals surface area (Å²) in [5, 5.41) is 11.1. The molecule has 0 fully saturated rings. The molecule has 2 rings (SSSR count). The summed E-state index contributed by atoms with van der Waals surface area (Å²) in [5.74, 6) is 0.358. The van der Waals surface area contributed by atoms with E-state index >= 15 is 0 Å². The van der Waals surface area contributed by atoms with Gasteiger partial charge in [0.05, 0.1) is 21.8 Å². The summed E-state index contributed by atoms with van der Waals surface area (Å²) < 4.78 is 5.49. The zero-order chi connectivity index (χ0) is 15.4. The molecule has 0 aliphatic rings. The average molecular weight is 308 g/mol. The largest absolute Gasteiger partial charge is 0.447 e. The van der Waals surface area contributed by atoms with E-state index in [0.29, 0.717) is 5.75 Å². The Morgan fingerprint density at radius 2 is 2.19 bits per heavy atom. The van der Waals surface area contributed by atoms with E-state index in [9.17, 15) is 10.1 Å². The highest BCUT2D eigenvalue weighted by Gasteiger charge is 2.19. The molecule has 2 N–H and O–H groups in total. The standard InChI is InChI=1S/C14H14ClN3O3/c1-2-11(16)12-7-6-9(8-17-12)21-14-10(15)4-3-5-13(14)18(19)20/h3-8,11H,2,16H2,1H3/t11-/m1/s1. The summed E-state index contributed by atoms with van der Waals surface area (Å²) in [5.41, 5.74) is 6.41. The van der Waals surface area contributed by atoms with Crippen LogP contribution in [0.2, 0.25) is 5.02 Å². The van der Waals surface area contributed by atoms with Gasteiger partial charge in [0.1, 0.15) is 5.75 Å². The third-order valence-corrected chi connectivity index (χ3v) is 3.24. The average Bonchev–Trinajstić information content (AvgIpc) is 2.49. The molecule has 110 valence electrons. The summed E-state index contributed by atoms with van der Waals surface area (Å²) in [6.45, 7) is 1.96. The lowest BCUT2D eigenvalue weighted by molar-refractivity contribution is -0.385. The Morgan fingerprint density at radius 3 is 2.76 bits per heavy atom. The maximum absolute atomic E-state index is 11.0. The number of nitro groups is 1. The van der Waals surface area contributed by atoms with Crippen molar-refractivity contribution < 1.29 is 9.66 Å². The van der Waals surface area contributed by atoms with Crippen molar-refractivity contribution in [3.05, 3.63) is 57.4 Å². The molecule has 1 atom stereocenters. The minimum atomic E-state index is -0.546. The second-order valence-electron chi connectivity index (χ2n) is 4.38. The number of nitrogens with two attached hydrogens (primary N) is 1. The van der Waals surface area contributed by atoms with Gasteiger partial charge in [-0.1, -0.05) is 24.6 Å². The van der Waals surface area contributed by atoms with E-state index in [2.05, 4.69) is 4.98 Å². The third kappa shape index (κ3) is 3.48. The van der Waals surface area contributed by atoms with Crippen LogP contribution in [0.4, 0.5) is 5.69 Å². The number of hydrogen-bond acceptors (Lipinski definition) is 5. The number of hydrogen-bond donors (Lipinski definition) is 1. The molecule has 7 heteroatoms. The number of pyridine rings is 1. The fourth-order valence-electron chi connectivity index (χ4n) is 1.74. The molecule has 0 unspecified atom stereocenters. The molecule has 2 aromatic rings. The van der Waals surface area contributed by atoms with Crippen molar-refractivity contribution in [3.63, 3.8) is 0 Å². The van der Waals surface area contributed by atoms with Gasteiger partial charge in [-0.15, -0.1) is 0 Å². The topological polar surface area (TPSA) is 91.3 Å². The Balaban J connectivity index is 2.28. The molecule has 0 amide bonds. The Morgan fingerprint density at radius 1 is 1.43 bits per heavy atom. The molecule has 1 heterocycles. The SMILES string of the molecule is CC[C@@H](N)c1ccc(Oc2c(Cl)cccc2[N+](=O)[O-])cn1. The Bertz CT molecular complexity index is 646. The first-order valence-electron chi connectivity index (χ1n) is 6.35. The zero-order valence-electron chi connectivity index (χ0n) is 11.3. The predicted molar refractivity (Wildman–Crippen MR) is 79.6 cm³/mol. The predicted octanol–water partition coefficient (Wildman–Crippen LogP) is 3.85. The first-order chi connectivity index (χ1) is 10.0. The Kier molecular flexibility index (Phi) is 4.72. The van der Waals surface area contributed by atoms with Gasteiger partial charge in [-0.2, -0.15) is 0 Å². The molecule has 21 heavy (non-hydrogen) atoms. The normalized spacial score (nSPS) is 12.0. The number of para-hydroxylation sites is 1. The molecule has 1 aromatic heterocycles. The van der Waals surface area contributed by atoms with Gasteiger partial charge < -0.3 is 10.5 Å². The molecule has 0 aliphatic heterocycles. The van der Waals surface area contributed by atoms with Gasteiger partial charge in [-0.05, 0) is 24.6 Å². The van der Waals surface area contributed by atoms with Crippen LogP contribution in [0.1, 0.15) is 25.1 Å². The van der Waals surface area contributed by atoms with E-state index in [4.69, 9.17) is 22.1 Å². The van der Waals surface area contributed by atoms with Crippen molar-refractivity contribution in [1.29, 1.82) is 0 Å². The van der Waals surface area contributed by atoms with Crippen molar-refractivity contribution in [2.45, 2.75) is 19.4 Å². The number of aromatic nitrogens is 1. The minimum Gasteiger partial charge on any atom is -0.447 e. The van der Waals surface area contributed by atoms with E-state index in [1.165, 1.54) is 24.4 Å². The highest BCUT2D eigenvalue weighted by Crippen LogP contribution is 2.37. The number of nitro benzene ring substituents is 1. The molecule has 0 saturated carbocycles. The summed E-state index contributed by atoms with van der Waals surface area (Å²) in [6.07, 6.45) is 2.24. The highest BCUT2D eigenvalue weighted by molar-refractivity contribution is 6.32. The molecule has 0 aliphatic carbocycles. The van der Waals surface area contributed by atoms with E-state index in [0.717, 1.165) is 12.1 Å². The van der Waals surface area contributed by atoms with Gasteiger partial charge in [0.2, 0.25) is 5.75 Å². The quantitative estimate of drug-likeness (QED) is 0.669. The first-order valence-corrected chi connectivity index (χ1v) is 6.73. The van der Waals surface area contributed by atoms with Crippen LogP contribution in [-0.2, 0) is 0 Å². The van der Waals surface area contributed by atoms with Crippen LogP contribution in [0.15, 0.2) is 36.5 Å². The fourth-order valence-corrected chi connectivity index (χ4v) is 1.95. The van der Waals surface area contributed by atoms with Gasteiger partial charge in [-0.25, -0.2) is 0 Å². The molecule has 6 nitrogen and oxygen atoms in total. The molecular weight excluding hydrogens is 294 g/mol. The van der Waals surface area contributed by atoms with Crippen LogP contribution in [0, 0.1) is 10.1 Å². The first kappa shape index (κ1) is 15.2. The Labute approximate surface area is 126 Å². The van der Waals surface area contributed by atoms with Crippen molar-refractivity contribution >= 4 is 17.3 Å². The monoisotopic (exact) mass is 307 g/mol. The maximum atomic E-state index is 11.0. The van der Waals surface area contributed by atoms with E-state index < -0.39 is 4.92 Å². The van der Waals surface area contributed by atoms with Crippen molar-refractivity contribution in [2.24, 2.45) is 5.73 Å². The van der Waals surface area contributed by atoms with E-state index in [1.807, 2.05) is 6.92 Å². The van der Waals surface area contributed by atoms with Crippen LogP contribution in [0.3, 0.4) is 0 Å². The second-order valence-corrected chi connectivity index (χ2v) is 4.79.